The normalized spacial score (nSPS) is 13.4. The molecule has 28 heavy (non-hydrogen) atoms. The topological polar surface area (TPSA) is 63.1 Å². The van der Waals surface area contributed by atoms with E-state index in [4.69, 9.17) is 0 Å². The van der Waals surface area contributed by atoms with Gasteiger partial charge in [-0.1, -0.05) is 12.1 Å². The lowest BCUT2D eigenvalue weighted by Gasteiger charge is -2.10. The van der Waals surface area contributed by atoms with Crippen LogP contribution >= 0.6 is 11.3 Å². The Morgan fingerprint density at radius 2 is 1.89 bits per heavy atom. The van der Waals surface area contributed by atoms with Crippen molar-refractivity contribution in [2.45, 2.75) is 33.2 Å². The van der Waals surface area contributed by atoms with Crippen LogP contribution in [0, 0.1) is 19.8 Å². The van der Waals surface area contributed by atoms with E-state index in [0.29, 0.717) is 6.54 Å². The van der Waals surface area contributed by atoms with Crippen molar-refractivity contribution in [3.63, 3.8) is 0 Å². The third kappa shape index (κ3) is 3.87. The predicted molar refractivity (Wildman–Crippen MR) is 112 cm³/mol. The van der Waals surface area contributed by atoms with E-state index in [1.807, 2.05) is 67.2 Å². The van der Waals surface area contributed by atoms with E-state index in [9.17, 15) is 9.59 Å². The molecule has 2 heterocycles. The van der Waals surface area contributed by atoms with Crippen molar-refractivity contribution in [2.75, 3.05) is 5.32 Å². The molecule has 144 valence electrons. The average Bonchev–Trinajstić information content (AvgIpc) is 3.32. The number of amides is 2. The van der Waals surface area contributed by atoms with Gasteiger partial charge in [-0.2, -0.15) is 0 Å². The van der Waals surface area contributed by atoms with Crippen molar-refractivity contribution < 1.29 is 9.59 Å². The van der Waals surface area contributed by atoms with Gasteiger partial charge >= 0.3 is 0 Å². The van der Waals surface area contributed by atoms with Crippen LogP contribution < -0.4 is 10.6 Å². The molecule has 1 aromatic carbocycles. The highest BCUT2D eigenvalue weighted by Crippen LogP contribution is 2.31. The van der Waals surface area contributed by atoms with Crippen LogP contribution in [0.5, 0.6) is 0 Å². The van der Waals surface area contributed by atoms with Crippen LogP contribution in [0.3, 0.4) is 0 Å². The molecule has 5 nitrogen and oxygen atoms in total. The molecule has 0 bridgehead atoms. The van der Waals surface area contributed by atoms with Gasteiger partial charge in [-0.3, -0.25) is 9.59 Å². The second-order valence-electron chi connectivity index (χ2n) is 7.20. The number of benzene rings is 1. The Hall–Kier alpha value is -2.86. The lowest BCUT2D eigenvalue weighted by atomic mass is 10.1. The van der Waals surface area contributed by atoms with Gasteiger partial charge in [0.25, 0.3) is 5.91 Å². The van der Waals surface area contributed by atoms with Gasteiger partial charge in [0.05, 0.1) is 5.56 Å². The quantitative estimate of drug-likeness (QED) is 0.651. The van der Waals surface area contributed by atoms with Crippen LogP contribution in [0.25, 0.3) is 5.00 Å². The number of rotatable bonds is 6. The van der Waals surface area contributed by atoms with Crippen molar-refractivity contribution in [2.24, 2.45) is 5.92 Å². The molecule has 0 atom stereocenters. The average molecular weight is 394 g/mol. The third-order valence-electron chi connectivity index (χ3n) is 5.03. The fourth-order valence-corrected chi connectivity index (χ4v) is 4.27. The van der Waals surface area contributed by atoms with Crippen molar-refractivity contribution in [1.82, 2.24) is 9.88 Å². The van der Waals surface area contributed by atoms with E-state index in [1.165, 1.54) is 0 Å². The van der Waals surface area contributed by atoms with Gasteiger partial charge in [-0.25, -0.2) is 0 Å². The molecule has 0 unspecified atom stereocenters. The number of aromatic nitrogens is 1. The first-order chi connectivity index (χ1) is 13.5. The maximum absolute atomic E-state index is 12.9. The maximum atomic E-state index is 12.9. The number of thiophene rings is 1. The van der Waals surface area contributed by atoms with E-state index >= 15 is 0 Å². The Kier molecular flexibility index (Phi) is 5.05. The summed E-state index contributed by atoms with van der Waals surface area (Å²) in [6.07, 6.45) is 5.86. The molecule has 0 radical (unpaired) electrons. The van der Waals surface area contributed by atoms with E-state index in [1.54, 1.807) is 11.3 Å². The monoisotopic (exact) mass is 393 g/mol. The van der Waals surface area contributed by atoms with Crippen molar-refractivity contribution in [1.29, 1.82) is 0 Å². The first-order valence-electron chi connectivity index (χ1n) is 9.44. The molecule has 4 rings (SSSR count). The van der Waals surface area contributed by atoms with E-state index < -0.39 is 0 Å². The first kappa shape index (κ1) is 18.5. The van der Waals surface area contributed by atoms with Crippen LogP contribution in [-0.2, 0) is 11.3 Å². The highest BCUT2D eigenvalue weighted by molar-refractivity contribution is 7.15. The molecule has 2 amide bonds. The van der Waals surface area contributed by atoms with Crippen molar-refractivity contribution in [3.05, 3.63) is 70.4 Å². The highest BCUT2D eigenvalue weighted by atomic mass is 32.1. The van der Waals surface area contributed by atoms with E-state index in [0.717, 1.165) is 45.1 Å². The molecular weight excluding hydrogens is 370 g/mol. The smallest absolute Gasteiger partial charge is 0.254 e. The Morgan fingerprint density at radius 3 is 2.61 bits per heavy atom. The minimum absolute atomic E-state index is 0.0851. The fraction of sp³-hybridized carbons (Fsp3) is 0.273. The molecule has 2 aromatic heterocycles. The minimum atomic E-state index is -0.0852. The number of carbonyl (C=O) groups is 2. The lowest BCUT2D eigenvalue weighted by Crippen LogP contribution is -2.24. The molecule has 1 fully saturated rings. The van der Waals surface area contributed by atoms with Gasteiger partial charge in [0.1, 0.15) is 5.00 Å². The minimum Gasteiger partial charge on any atom is -0.348 e. The van der Waals surface area contributed by atoms with E-state index in [2.05, 4.69) is 10.6 Å². The molecule has 0 aliphatic heterocycles. The first-order valence-corrected chi connectivity index (χ1v) is 10.3. The molecule has 2 N–H and O–H groups in total. The summed E-state index contributed by atoms with van der Waals surface area (Å²) in [6, 6.07) is 11.5. The van der Waals surface area contributed by atoms with Gasteiger partial charge in [0.15, 0.2) is 0 Å². The SMILES string of the molecule is Cc1sc(-n2cccc2)c(C(=O)NCc2cccc(NC(=O)C3CC3)c2)c1C. The number of aryl methyl sites for hydroxylation is 1. The Labute approximate surface area is 168 Å². The lowest BCUT2D eigenvalue weighted by molar-refractivity contribution is -0.117. The summed E-state index contributed by atoms with van der Waals surface area (Å²) in [7, 11) is 0. The molecular formula is C22H23N3O2S. The summed E-state index contributed by atoms with van der Waals surface area (Å²) in [5.41, 5.74) is 3.46. The third-order valence-corrected chi connectivity index (χ3v) is 6.25. The number of nitrogens with zero attached hydrogens (tertiary/aromatic N) is 1. The molecule has 6 heteroatoms. The van der Waals surface area contributed by atoms with Gasteiger partial charge in [-0.15, -0.1) is 11.3 Å². The van der Waals surface area contributed by atoms with Crippen LogP contribution in [0.2, 0.25) is 0 Å². The van der Waals surface area contributed by atoms with Gasteiger partial charge < -0.3 is 15.2 Å². The fourth-order valence-electron chi connectivity index (χ4n) is 3.15. The number of hydrogen-bond acceptors (Lipinski definition) is 3. The summed E-state index contributed by atoms with van der Waals surface area (Å²) < 4.78 is 1.98. The second kappa shape index (κ2) is 7.64. The van der Waals surface area contributed by atoms with Gasteiger partial charge in [0, 0.05) is 35.4 Å². The molecule has 3 aromatic rings. The summed E-state index contributed by atoms with van der Waals surface area (Å²) >= 11 is 1.62. The predicted octanol–water partition coefficient (Wildman–Crippen LogP) is 4.43. The van der Waals surface area contributed by atoms with Crippen molar-refractivity contribution >= 4 is 28.8 Å². The van der Waals surface area contributed by atoms with E-state index in [-0.39, 0.29) is 17.7 Å². The molecule has 1 saturated carbocycles. The van der Waals surface area contributed by atoms with Gasteiger partial charge in [-0.05, 0) is 62.1 Å². The standard InChI is InChI=1S/C22H23N3O2S/c1-14-15(2)28-22(25-10-3-4-11-25)19(14)21(27)23-13-16-6-5-7-18(12-16)24-20(26)17-8-9-17/h3-7,10-12,17H,8-9,13H2,1-2H3,(H,23,27)(H,24,26). The zero-order chi connectivity index (χ0) is 19.7. The maximum Gasteiger partial charge on any atom is 0.254 e. The Bertz CT molecular complexity index is 1020. The largest absolute Gasteiger partial charge is 0.348 e. The summed E-state index contributed by atoms with van der Waals surface area (Å²) in [5, 5.41) is 6.91. The van der Waals surface area contributed by atoms with Crippen LogP contribution in [0.4, 0.5) is 5.69 Å². The van der Waals surface area contributed by atoms with Crippen LogP contribution in [0.15, 0.2) is 48.8 Å². The number of nitrogens with one attached hydrogen (secondary N) is 2. The molecule has 0 spiro atoms. The number of hydrogen-bond donors (Lipinski definition) is 2. The van der Waals surface area contributed by atoms with Crippen LogP contribution in [0.1, 0.15) is 39.2 Å². The van der Waals surface area contributed by atoms with Crippen molar-refractivity contribution in [3.8, 4) is 5.00 Å². The van der Waals surface area contributed by atoms with Crippen LogP contribution in [-0.4, -0.2) is 16.4 Å². The Morgan fingerprint density at radius 1 is 1.14 bits per heavy atom. The zero-order valence-electron chi connectivity index (χ0n) is 16.0. The Balaban J connectivity index is 1.47. The zero-order valence-corrected chi connectivity index (χ0v) is 16.8. The number of carbonyl (C=O) groups excluding carboxylic acids is 2. The molecule has 1 aliphatic rings. The van der Waals surface area contributed by atoms with Gasteiger partial charge in [0.2, 0.25) is 5.91 Å². The molecule has 1 aliphatic carbocycles. The second-order valence-corrected chi connectivity index (χ2v) is 8.40. The summed E-state index contributed by atoms with van der Waals surface area (Å²) in [4.78, 5) is 26.0. The number of anilines is 1. The summed E-state index contributed by atoms with van der Waals surface area (Å²) in [6.45, 7) is 4.43. The highest BCUT2D eigenvalue weighted by Gasteiger charge is 2.29. The summed E-state index contributed by atoms with van der Waals surface area (Å²) in [5.74, 6) is 0.167. The molecule has 0 saturated heterocycles.